The van der Waals surface area contributed by atoms with Crippen molar-refractivity contribution in [1.29, 1.82) is 0 Å². The van der Waals surface area contributed by atoms with Gasteiger partial charge in [-0.05, 0) is 65.8 Å². The minimum Gasteiger partial charge on any atom is -0.465 e. The Morgan fingerprint density at radius 3 is 1.90 bits per heavy atom. The van der Waals surface area contributed by atoms with E-state index in [4.69, 9.17) is 9.72 Å². The maximum absolute atomic E-state index is 14.4. The van der Waals surface area contributed by atoms with E-state index < -0.39 is 18.2 Å². The Morgan fingerprint density at radius 2 is 1.35 bits per heavy atom. The third-order valence-corrected chi connectivity index (χ3v) is 12.0. The monoisotopic (exact) mass is 812 g/mol. The lowest BCUT2D eigenvalue weighted by atomic mass is 10.0. The van der Waals surface area contributed by atoms with Crippen LogP contribution in [0.2, 0.25) is 0 Å². The number of aromatic nitrogens is 4. The van der Waals surface area contributed by atoms with Crippen molar-refractivity contribution in [3.8, 4) is 33.6 Å². The second-order valence-corrected chi connectivity index (χ2v) is 16.6. The van der Waals surface area contributed by atoms with Crippen molar-refractivity contribution in [2.75, 3.05) is 26.8 Å². The zero-order chi connectivity index (χ0) is 41.9. The van der Waals surface area contributed by atoms with Gasteiger partial charge in [0.25, 0.3) is 0 Å². The number of benzene rings is 3. The summed E-state index contributed by atoms with van der Waals surface area (Å²) in [6.07, 6.45) is 6.32. The fourth-order valence-corrected chi connectivity index (χ4v) is 8.62. The molecule has 312 valence electrons. The Kier molecular flexibility index (Phi) is 11.8. The number of H-pyrrole nitrogens is 2. The lowest BCUT2D eigenvalue weighted by Crippen LogP contribution is -2.50. The number of nitrogens with zero attached hydrogens (tertiary/aromatic N) is 4. The zero-order valence-corrected chi connectivity index (χ0v) is 34.1. The number of imidazole rings is 2. The van der Waals surface area contributed by atoms with Gasteiger partial charge in [-0.25, -0.2) is 14.8 Å². The molecule has 1 saturated carbocycles. The van der Waals surface area contributed by atoms with E-state index in [1.807, 2.05) is 67.4 Å². The largest absolute Gasteiger partial charge is 0.465 e. The molecular weight excluding hydrogens is 761 g/mol. The topological polar surface area (TPSA) is 186 Å². The fourth-order valence-electron chi connectivity index (χ4n) is 8.62. The van der Waals surface area contributed by atoms with Gasteiger partial charge in [0.2, 0.25) is 17.7 Å². The van der Waals surface area contributed by atoms with Crippen LogP contribution in [0.5, 0.6) is 0 Å². The zero-order valence-electron chi connectivity index (χ0n) is 34.1. The van der Waals surface area contributed by atoms with Crippen LogP contribution in [-0.4, -0.2) is 91.5 Å². The number of nitrogens with one attached hydrogen (secondary N) is 4. The first-order valence-electron chi connectivity index (χ1n) is 20.8. The highest BCUT2D eigenvalue weighted by atomic mass is 16.5. The molecule has 2 saturated heterocycles. The summed E-state index contributed by atoms with van der Waals surface area (Å²) < 4.78 is 5.52. The van der Waals surface area contributed by atoms with Gasteiger partial charge in [0, 0.05) is 32.0 Å². The van der Waals surface area contributed by atoms with E-state index in [1.54, 1.807) is 18.2 Å². The van der Waals surface area contributed by atoms with Gasteiger partial charge in [-0.15, -0.1) is 0 Å². The normalized spacial score (nSPS) is 20.0. The molecule has 0 bridgehead atoms. The smallest absolute Gasteiger partial charge is 0.405 e. The number of aromatic amines is 2. The van der Waals surface area contributed by atoms with Gasteiger partial charge >= 0.3 is 6.09 Å². The molecule has 0 spiro atoms. The SMILES string of the molecule is COC[C@H]1C[C@@H](c2ncc(-c3ccc(-c4ccc(-c5cnc([C@@H]6CCCN6C(=O)[C@@H](NC(=O)O)C(C)C)[nH]5)cc4)cc3)[nH]2)N(C(=O)[C@H](NC(=O)C2CC2)c2ccccc2)C1. The van der Waals surface area contributed by atoms with E-state index >= 15 is 0 Å². The van der Waals surface area contributed by atoms with Crippen molar-refractivity contribution in [3.05, 3.63) is 108 Å². The molecule has 3 fully saturated rings. The van der Waals surface area contributed by atoms with Gasteiger partial charge in [-0.2, -0.15) is 0 Å². The molecule has 5 atom stereocenters. The molecule has 0 radical (unpaired) electrons. The molecule has 0 unspecified atom stereocenters. The predicted octanol–water partition coefficient (Wildman–Crippen LogP) is 6.89. The summed E-state index contributed by atoms with van der Waals surface area (Å²) in [4.78, 5) is 72.1. The number of ether oxygens (including phenoxy) is 1. The summed E-state index contributed by atoms with van der Waals surface area (Å²) in [5.74, 6) is 0.819. The molecule has 3 aromatic carbocycles. The number of carbonyl (C=O) groups excluding carboxylic acids is 3. The summed E-state index contributed by atoms with van der Waals surface area (Å²) in [7, 11) is 1.67. The van der Waals surface area contributed by atoms with Gasteiger partial charge in [-0.3, -0.25) is 14.4 Å². The Labute approximate surface area is 349 Å². The molecule has 2 aromatic heterocycles. The van der Waals surface area contributed by atoms with Crippen molar-refractivity contribution in [2.24, 2.45) is 17.8 Å². The van der Waals surface area contributed by atoms with Crippen molar-refractivity contribution in [1.82, 2.24) is 40.4 Å². The van der Waals surface area contributed by atoms with Gasteiger partial charge in [0.05, 0.1) is 42.5 Å². The van der Waals surface area contributed by atoms with E-state index in [1.165, 1.54) is 0 Å². The van der Waals surface area contributed by atoms with Crippen LogP contribution in [0.15, 0.2) is 91.3 Å². The van der Waals surface area contributed by atoms with Crippen LogP contribution in [0.25, 0.3) is 33.6 Å². The molecule has 8 rings (SSSR count). The predicted molar refractivity (Wildman–Crippen MR) is 225 cm³/mol. The maximum Gasteiger partial charge on any atom is 0.405 e. The highest BCUT2D eigenvalue weighted by Crippen LogP contribution is 2.39. The first kappa shape index (κ1) is 40.5. The van der Waals surface area contributed by atoms with E-state index in [9.17, 15) is 24.3 Å². The Bertz CT molecular complexity index is 2300. The number of carboxylic acid groups (broad SMARTS) is 1. The van der Waals surface area contributed by atoms with Crippen LogP contribution in [0, 0.1) is 17.8 Å². The first-order chi connectivity index (χ1) is 29.1. The number of amides is 4. The Hall–Kier alpha value is -6.28. The summed E-state index contributed by atoms with van der Waals surface area (Å²) in [6, 6.07) is 23.7. The first-order valence-corrected chi connectivity index (χ1v) is 20.8. The molecule has 60 heavy (non-hydrogen) atoms. The molecule has 2 aliphatic heterocycles. The second-order valence-electron chi connectivity index (χ2n) is 16.6. The fraction of sp³-hybridized carbons (Fsp3) is 0.391. The maximum atomic E-state index is 14.4. The van der Waals surface area contributed by atoms with E-state index in [0.717, 1.165) is 64.9 Å². The number of carbonyl (C=O) groups is 4. The van der Waals surface area contributed by atoms with Gasteiger partial charge in [-0.1, -0.05) is 92.7 Å². The van der Waals surface area contributed by atoms with E-state index in [0.29, 0.717) is 37.8 Å². The number of hydrogen-bond acceptors (Lipinski definition) is 7. The highest BCUT2D eigenvalue weighted by molar-refractivity contribution is 5.91. The van der Waals surface area contributed by atoms with E-state index in [2.05, 4.69) is 62.0 Å². The van der Waals surface area contributed by atoms with Gasteiger partial charge in [0.1, 0.15) is 23.7 Å². The Balaban J connectivity index is 0.948. The highest BCUT2D eigenvalue weighted by Gasteiger charge is 2.42. The van der Waals surface area contributed by atoms with Crippen LogP contribution >= 0.6 is 0 Å². The number of likely N-dealkylation sites (tertiary alicyclic amines) is 2. The van der Waals surface area contributed by atoms with Gasteiger partial charge in [0.15, 0.2) is 0 Å². The molecular formula is C46H52N8O6. The molecule has 1 aliphatic carbocycles. The van der Waals surface area contributed by atoms with Crippen LogP contribution in [-0.2, 0) is 19.1 Å². The Morgan fingerprint density at radius 1 is 0.767 bits per heavy atom. The lowest BCUT2D eigenvalue weighted by molar-refractivity contribution is -0.138. The average Bonchev–Trinajstić information content (AvgIpc) is 3.66. The number of methoxy groups -OCH3 is 1. The number of hydrogen-bond donors (Lipinski definition) is 5. The standard InChI is InChI=1S/C46H52N8O6/c1-27(2)39(52-46(58)59)44(56)53-21-7-10-37(53)41-47-23-35(49-41)31-15-11-29(12-16-31)30-13-17-32(18-14-30)36-24-48-42(50-36)38-22-28(26-60-3)25-54(38)45(57)40(33-8-5-4-6-9-33)51-43(55)34-19-20-34/h4-6,8-9,11-18,23-24,27-28,34,37-40,52H,7,10,19-22,25-26H2,1-3H3,(H,47,49)(H,48,50)(H,51,55)(H,58,59)/t28-,37-,38-,39-,40+/m0/s1. The summed E-state index contributed by atoms with van der Waals surface area (Å²) in [5, 5.41) is 14.8. The quantitative estimate of drug-likeness (QED) is 0.0802. The minimum atomic E-state index is -1.21. The van der Waals surface area contributed by atoms with Crippen LogP contribution < -0.4 is 10.6 Å². The van der Waals surface area contributed by atoms with Crippen molar-refractivity contribution < 1.29 is 29.0 Å². The van der Waals surface area contributed by atoms with Crippen molar-refractivity contribution in [3.63, 3.8) is 0 Å². The molecule has 4 amide bonds. The third-order valence-electron chi connectivity index (χ3n) is 12.0. The lowest BCUT2D eigenvalue weighted by Gasteiger charge is -2.29. The average molecular weight is 813 g/mol. The molecule has 14 heteroatoms. The summed E-state index contributed by atoms with van der Waals surface area (Å²) >= 11 is 0. The van der Waals surface area contributed by atoms with Crippen LogP contribution in [0.1, 0.15) is 81.3 Å². The molecule has 4 heterocycles. The summed E-state index contributed by atoms with van der Waals surface area (Å²) in [5.41, 5.74) is 6.42. The summed E-state index contributed by atoms with van der Waals surface area (Å²) in [6.45, 7) is 5.22. The minimum absolute atomic E-state index is 0.0282. The van der Waals surface area contributed by atoms with Crippen LogP contribution in [0.3, 0.4) is 0 Å². The second kappa shape index (κ2) is 17.5. The van der Waals surface area contributed by atoms with E-state index in [-0.39, 0.29) is 47.6 Å². The van der Waals surface area contributed by atoms with Crippen molar-refractivity contribution >= 4 is 23.8 Å². The van der Waals surface area contributed by atoms with Crippen LogP contribution in [0.4, 0.5) is 4.79 Å². The number of rotatable bonds is 14. The molecule has 5 aromatic rings. The van der Waals surface area contributed by atoms with Crippen molar-refractivity contribution in [2.45, 2.75) is 70.1 Å². The molecule has 3 aliphatic rings. The van der Waals surface area contributed by atoms with Gasteiger partial charge < -0.3 is 40.2 Å². The third kappa shape index (κ3) is 8.69. The molecule has 14 nitrogen and oxygen atoms in total. The molecule has 5 N–H and O–H groups in total.